The highest BCUT2D eigenvalue weighted by atomic mass is 19.3. The topological polar surface area (TPSA) is 18.5 Å². The quantitative estimate of drug-likeness (QED) is 0.327. The molecule has 1 heterocycles. The van der Waals surface area contributed by atoms with E-state index in [4.69, 9.17) is 9.47 Å². The van der Waals surface area contributed by atoms with Crippen molar-refractivity contribution < 1.29 is 18.3 Å². The molecule has 196 valence electrons. The van der Waals surface area contributed by atoms with Gasteiger partial charge in [0, 0.05) is 5.92 Å². The molecular weight excluding hydrogens is 430 g/mol. The summed E-state index contributed by atoms with van der Waals surface area (Å²) >= 11 is 0. The first kappa shape index (κ1) is 26.6. The van der Waals surface area contributed by atoms with Crippen molar-refractivity contribution in [2.45, 2.75) is 122 Å². The molecule has 0 bridgehead atoms. The van der Waals surface area contributed by atoms with Crippen LogP contribution in [0.1, 0.15) is 116 Å². The molecule has 1 aliphatic heterocycles. The van der Waals surface area contributed by atoms with Crippen LogP contribution in [0.2, 0.25) is 0 Å². The molecule has 4 rings (SSSR count). The molecule has 0 spiro atoms. The Balaban J connectivity index is 1.07. The van der Waals surface area contributed by atoms with Gasteiger partial charge in [-0.05, 0) is 125 Å². The number of ether oxygens (including phenoxy) is 2. The van der Waals surface area contributed by atoms with Gasteiger partial charge >= 0.3 is 0 Å². The van der Waals surface area contributed by atoms with Crippen LogP contribution in [0.25, 0.3) is 0 Å². The van der Waals surface area contributed by atoms with Gasteiger partial charge in [0.1, 0.15) is 0 Å². The van der Waals surface area contributed by atoms with Gasteiger partial charge < -0.3 is 9.47 Å². The van der Waals surface area contributed by atoms with E-state index in [1.54, 1.807) is 0 Å². The zero-order valence-corrected chi connectivity index (χ0v) is 21.7. The van der Waals surface area contributed by atoms with E-state index >= 15 is 0 Å². The minimum absolute atomic E-state index is 0.0554. The lowest BCUT2D eigenvalue weighted by molar-refractivity contribution is -0.204. The molecule has 0 amide bonds. The molecule has 0 aromatic rings. The van der Waals surface area contributed by atoms with E-state index in [0.29, 0.717) is 5.92 Å². The van der Waals surface area contributed by atoms with E-state index in [2.05, 4.69) is 6.92 Å². The first-order valence-corrected chi connectivity index (χ1v) is 14.9. The molecule has 0 aromatic heterocycles. The van der Waals surface area contributed by atoms with Crippen molar-refractivity contribution in [1.82, 2.24) is 0 Å². The van der Waals surface area contributed by atoms with Crippen LogP contribution in [0.5, 0.6) is 0 Å². The van der Waals surface area contributed by atoms with Gasteiger partial charge in [-0.25, -0.2) is 0 Å². The van der Waals surface area contributed by atoms with E-state index in [1.807, 2.05) is 0 Å². The molecule has 4 heteroatoms. The van der Waals surface area contributed by atoms with Crippen molar-refractivity contribution in [2.75, 3.05) is 13.2 Å². The van der Waals surface area contributed by atoms with Gasteiger partial charge in [-0.15, -0.1) is 0 Å². The second-order valence-corrected chi connectivity index (χ2v) is 12.3. The highest BCUT2D eigenvalue weighted by Gasteiger charge is 2.34. The van der Waals surface area contributed by atoms with Crippen LogP contribution >= 0.6 is 0 Å². The van der Waals surface area contributed by atoms with E-state index in [0.717, 1.165) is 62.1 Å². The third-order valence-electron chi connectivity index (χ3n) is 10.0. The van der Waals surface area contributed by atoms with Crippen molar-refractivity contribution in [3.63, 3.8) is 0 Å². The average Bonchev–Trinajstić information content (AvgIpc) is 2.87. The largest absolute Gasteiger partial charge is 0.352 e. The summed E-state index contributed by atoms with van der Waals surface area (Å²) in [6.07, 6.45) is 21.6. The summed E-state index contributed by atoms with van der Waals surface area (Å²) in [7, 11) is 0. The van der Waals surface area contributed by atoms with Gasteiger partial charge in [0.15, 0.2) is 6.29 Å². The fraction of sp³-hybridized carbons (Fsp3) is 0.933. The van der Waals surface area contributed by atoms with Crippen molar-refractivity contribution in [3.8, 4) is 0 Å². The Morgan fingerprint density at radius 2 is 1.12 bits per heavy atom. The summed E-state index contributed by atoms with van der Waals surface area (Å²) in [4.78, 5) is 0. The Bertz CT molecular complexity index is 587. The number of unbranched alkanes of at least 4 members (excludes halogenated alkanes) is 1. The van der Waals surface area contributed by atoms with E-state index in [-0.39, 0.29) is 12.2 Å². The SMILES string of the molecule is CCCCC1OCC(CCC2CCC(C3CCC(C4CCC(C=C(F)F)CC4)CC3)CC2)CO1. The summed E-state index contributed by atoms with van der Waals surface area (Å²) in [6, 6.07) is 0. The molecule has 0 N–H and O–H groups in total. The third kappa shape index (κ3) is 8.02. The minimum Gasteiger partial charge on any atom is -0.352 e. The molecule has 4 fully saturated rings. The molecule has 3 saturated carbocycles. The lowest BCUT2D eigenvalue weighted by Gasteiger charge is -2.41. The Morgan fingerprint density at radius 1 is 0.647 bits per heavy atom. The second-order valence-electron chi connectivity index (χ2n) is 12.3. The number of halogens is 2. The Hall–Kier alpha value is -0.480. The van der Waals surface area contributed by atoms with Crippen molar-refractivity contribution in [1.29, 1.82) is 0 Å². The van der Waals surface area contributed by atoms with Gasteiger partial charge in [-0.2, -0.15) is 8.78 Å². The molecule has 0 aromatic carbocycles. The summed E-state index contributed by atoms with van der Waals surface area (Å²) in [5, 5.41) is 0. The predicted octanol–water partition coefficient (Wildman–Crippen LogP) is 9.15. The first-order valence-electron chi connectivity index (χ1n) is 14.9. The monoisotopic (exact) mass is 480 g/mol. The molecule has 34 heavy (non-hydrogen) atoms. The minimum atomic E-state index is -1.48. The van der Waals surface area contributed by atoms with Crippen LogP contribution in [0.4, 0.5) is 8.78 Å². The number of rotatable bonds is 9. The van der Waals surface area contributed by atoms with Crippen LogP contribution in [-0.4, -0.2) is 19.5 Å². The molecule has 0 atom stereocenters. The Morgan fingerprint density at radius 3 is 1.62 bits per heavy atom. The lowest BCUT2D eigenvalue weighted by atomic mass is 9.65. The summed E-state index contributed by atoms with van der Waals surface area (Å²) in [5.74, 6) is 5.25. The zero-order chi connectivity index (χ0) is 23.8. The molecular formula is C30H50F2O2. The average molecular weight is 481 g/mol. The fourth-order valence-electron chi connectivity index (χ4n) is 7.76. The maximum absolute atomic E-state index is 12.5. The van der Waals surface area contributed by atoms with E-state index in [1.165, 1.54) is 96.0 Å². The predicted molar refractivity (Wildman–Crippen MR) is 135 cm³/mol. The third-order valence-corrected chi connectivity index (χ3v) is 10.0. The summed E-state index contributed by atoms with van der Waals surface area (Å²) < 4.78 is 37.0. The van der Waals surface area contributed by atoms with Gasteiger partial charge in [-0.1, -0.05) is 32.6 Å². The maximum atomic E-state index is 12.5. The molecule has 3 aliphatic carbocycles. The number of allylic oxidation sites excluding steroid dienone is 1. The zero-order valence-electron chi connectivity index (χ0n) is 21.7. The molecule has 0 unspecified atom stereocenters. The van der Waals surface area contributed by atoms with Gasteiger partial charge in [0.05, 0.1) is 13.2 Å². The Labute approximate surface area is 207 Å². The van der Waals surface area contributed by atoms with Crippen LogP contribution in [0.15, 0.2) is 12.2 Å². The lowest BCUT2D eigenvalue weighted by Crippen LogP contribution is -2.32. The normalized spacial score (nSPS) is 39.5. The van der Waals surface area contributed by atoms with Crippen molar-refractivity contribution in [2.24, 2.45) is 41.4 Å². The highest BCUT2D eigenvalue weighted by molar-refractivity contribution is 4.92. The molecule has 4 aliphatic rings. The second kappa shape index (κ2) is 13.7. The fourth-order valence-corrected chi connectivity index (χ4v) is 7.76. The number of hydrogen-bond acceptors (Lipinski definition) is 2. The summed E-state index contributed by atoms with van der Waals surface area (Å²) in [5.41, 5.74) is 0. The van der Waals surface area contributed by atoms with Crippen LogP contribution in [0.3, 0.4) is 0 Å². The highest BCUT2D eigenvalue weighted by Crippen LogP contribution is 2.46. The molecule has 0 radical (unpaired) electrons. The Kier molecular flexibility index (Phi) is 10.7. The summed E-state index contributed by atoms with van der Waals surface area (Å²) in [6.45, 7) is 4.02. The van der Waals surface area contributed by atoms with Gasteiger partial charge in [0.2, 0.25) is 0 Å². The van der Waals surface area contributed by atoms with Gasteiger partial charge in [-0.3, -0.25) is 0 Å². The first-order chi connectivity index (χ1) is 16.6. The molecule has 1 saturated heterocycles. The maximum Gasteiger partial charge on any atom is 0.266 e. The van der Waals surface area contributed by atoms with Crippen LogP contribution in [-0.2, 0) is 9.47 Å². The van der Waals surface area contributed by atoms with Crippen molar-refractivity contribution in [3.05, 3.63) is 12.2 Å². The van der Waals surface area contributed by atoms with E-state index < -0.39 is 6.08 Å². The number of hydrogen-bond donors (Lipinski definition) is 0. The van der Waals surface area contributed by atoms with Crippen LogP contribution < -0.4 is 0 Å². The van der Waals surface area contributed by atoms with Gasteiger partial charge in [0.25, 0.3) is 6.08 Å². The standard InChI is InChI=1S/C30H50F2O2/c1-2-3-4-30-33-20-24(21-34-30)6-5-22-7-11-25(12-8-22)27-15-17-28(18-16-27)26-13-9-23(10-14-26)19-29(31)32/h19,22-28,30H,2-18,20-21H2,1H3. The smallest absolute Gasteiger partial charge is 0.266 e. The van der Waals surface area contributed by atoms with E-state index in [9.17, 15) is 8.78 Å². The van der Waals surface area contributed by atoms with Crippen molar-refractivity contribution >= 4 is 0 Å². The van der Waals surface area contributed by atoms with Crippen LogP contribution in [0, 0.1) is 41.4 Å². The molecule has 2 nitrogen and oxygen atoms in total.